The Balaban J connectivity index is 2.33. The van der Waals surface area contributed by atoms with Crippen LogP contribution in [0.3, 0.4) is 0 Å². The minimum atomic E-state index is -0.321. The molecule has 1 aromatic heterocycles. The zero-order valence-corrected chi connectivity index (χ0v) is 8.73. The van der Waals surface area contributed by atoms with E-state index in [4.69, 9.17) is 9.84 Å². The van der Waals surface area contributed by atoms with E-state index >= 15 is 0 Å². The largest absolute Gasteiger partial charge is 0.394 e. The van der Waals surface area contributed by atoms with Gasteiger partial charge in [-0.3, -0.25) is 9.59 Å². The van der Waals surface area contributed by atoms with E-state index in [0.717, 1.165) is 0 Å². The van der Waals surface area contributed by atoms with Gasteiger partial charge in [-0.15, -0.1) is 0 Å². The van der Waals surface area contributed by atoms with Gasteiger partial charge in [0.15, 0.2) is 0 Å². The second-order valence-electron chi connectivity index (χ2n) is 3.03. The average molecular weight is 226 g/mol. The average Bonchev–Trinajstić information content (AvgIpc) is 2.28. The molecule has 1 amide bonds. The fourth-order valence-electron chi connectivity index (χ4n) is 1.09. The number of aromatic amines is 1. The number of aliphatic hydroxyl groups is 1. The second kappa shape index (κ2) is 6.76. The minimum Gasteiger partial charge on any atom is -0.394 e. The lowest BCUT2D eigenvalue weighted by atomic mass is 10.2. The Morgan fingerprint density at radius 3 is 3.00 bits per heavy atom. The molecule has 6 nitrogen and oxygen atoms in total. The van der Waals surface area contributed by atoms with Crippen molar-refractivity contribution in [3.63, 3.8) is 0 Å². The zero-order valence-electron chi connectivity index (χ0n) is 8.73. The molecular formula is C10H14N2O4. The number of aromatic nitrogens is 1. The van der Waals surface area contributed by atoms with E-state index in [0.29, 0.717) is 18.7 Å². The third-order valence-electron chi connectivity index (χ3n) is 1.80. The Morgan fingerprint density at radius 2 is 2.31 bits per heavy atom. The molecule has 0 radical (unpaired) electrons. The summed E-state index contributed by atoms with van der Waals surface area (Å²) in [5, 5.41) is 11.0. The minimum absolute atomic E-state index is 0.0397. The van der Waals surface area contributed by atoms with Crippen molar-refractivity contribution in [2.24, 2.45) is 0 Å². The molecule has 88 valence electrons. The maximum absolute atomic E-state index is 11.5. The van der Waals surface area contributed by atoms with Crippen LogP contribution in [0.4, 0.5) is 0 Å². The van der Waals surface area contributed by atoms with Crippen LogP contribution in [-0.4, -0.2) is 42.4 Å². The molecule has 16 heavy (non-hydrogen) atoms. The van der Waals surface area contributed by atoms with Crippen LogP contribution in [0.2, 0.25) is 0 Å². The van der Waals surface area contributed by atoms with Crippen molar-refractivity contribution in [1.82, 2.24) is 10.3 Å². The van der Waals surface area contributed by atoms with Gasteiger partial charge < -0.3 is 20.1 Å². The van der Waals surface area contributed by atoms with E-state index in [1.54, 1.807) is 0 Å². The highest BCUT2D eigenvalue weighted by atomic mass is 16.5. The maximum Gasteiger partial charge on any atom is 0.251 e. The number of amides is 1. The number of H-pyrrole nitrogens is 1. The van der Waals surface area contributed by atoms with Crippen LogP contribution in [0, 0.1) is 0 Å². The van der Waals surface area contributed by atoms with Gasteiger partial charge in [-0.25, -0.2) is 0 Å². The van der Waals surface area contributed by atoms with E-state index in [1.807, 2.05) is 0 Å². The van der Waals surface area contributed by atoms with E-state index in [9.17, 15) is 9.59 Å². The first-order valence-corrected chi connectivity index (χ1v) is 4.89. The van der Waals surface area contributed by atoms with Crippen molar-refractivity contribution in [3.05, 3.63) is 34.2 Å². The first kappa shape index (κ1) is 12.4. The quantitative estimate of drug-likeness (QED) is 0.549. The Bertz CT molecular complexity index is 388. The van der Waals surface area contributed by atoms with Crippen molar-refractivity contribution in [3.8, 4) is 0 Å². The third-order valence-corrected chi connectivity index (χ3v) is 1.80. The Labute approximate surface area is 92.3 Å². The van der Waals surface area contributed by atoms with Gasteiger partial charge in [-0.1, -0.05) is 0 Å². The Hall–Kier alpha value is -1.66. The van der Waals surface area contributed by atoms with Crippen LogP contribution < -0.4 is 10.9 Å². The van der Waals surface area contributed by atoms with Gasteiger partial charge in [0.2, 0.25) is 5.56 Å². The zero-order chi connectivity index (χ0) is 11.8. The molecule has 0 aliphatic carbocycles. The van der Waals surface area contributed by atoms with E-state index in [1.165, 1.54) is 18.3 Å². The van der Waals surface area contributed by atoms with Gasteiger partial charge in [0.25, 0.3) is 5.91 Å². The third kappa shape index (κ3) is 4.24. The van der Waals surface area contributed by atoms with Crippen LogP contribution in [0.5, 0.6) is 0 Å². The molecule has 0 aliphatic rings. The topological polar surface area (TPSA) is 91.4 Å². The monoisotopic (exact) mass is 226 g/mol. The first-order chi connectivity index (χ1) is 7.74. The predicted molar refractivity (Wildman–Crippen MR) is 57.3 cm³/mol. The number of ether oxygens (including phenoxy) is 1. The van der Waals surface area contributed by atoms with Gasteiger partial charge in [-0.2, -0.15) is 0 Å². The standard InChI is InChI=1S/C10H14N2O4/c13-4-6-16-5-3-12-10(15)8-1-2-11-9(14)7-8/h1-2,7,13H,3-6H2,(H,11,14)(H,12,15). The summed E-state index contributed by atoms with van der Waals surface area (Å²) in [5.74, 6) is -0.321. The molecule has 1 heterocycles. The molecule has 0 unspecified atom stereocenters. The molecular weight excluding hydrogens is 212 g/mol. The Kier molecular flexibility index (Phi) is 5.24. The molecule has 6 heteroatoms. The highest BCUT2D eigenvalue weighted by Crippen LogP contribution is 1.91. The number of rotatable bonds is 6. The van der Waals surface area contributed by atoms with Gasteiger partial charge in [0.05, 0.1) is 19.8 Å². The summed E-state index contributed by atoms with van der Waals surface area (Å²) in [5.41, 5.74) is -0.00455. The number of hydrogen-bond acceptors (Lipinski definition) is 4. The summed E-state index contributed by atoms with van der Waals surface area (Å²) in [6.45, 7) is 0.879. The van der Waals surface area contributed by atoms with Gasteiger partial charge in [0, 0.05) is 24.4 Å². The molecule has 1 aromatic rings. The SMILES string of the molecule is O=C(NCCOCCO)c1cc[nH]c(=O)c1. The van der Waals surface area contributed by atoms with Gasteiger partial charge in [0.1, 0.15) is 0 Å². The second-order valence-corrected chi connectivity index (χ2v) is 3.03. The van der Waals surface area contributed by atoms with Crippen molar-refractivity contribution in [2.75, 3.05) is 26.4 Å². The van der Waals surface area contributed by atoms with Crippen LogP contribution in [0.15, 0.2) is 23.1 Å². The van der Waals surface area contributed by atoms with Crippen molar-refractivity contribution in [1.29, 1.82) is 0 Å². The summed E-state index contributed by atoms with van der Waals surface area (Å²) < 4.78 is 4.96. The lowest BCUT2D eigenvalue weighted by Crippen LogP contribution is -2.28. The molecule has 0 bridgehead atoms. The van der Waals surface area contributed by atoms with Gasteiger partial charge in [-0.05, 0) is 6.07 Å². The number of hydrogen-bond donors (Lipinski definition) is 3. The summed E-state index contributed by atoms with van der Waals surface area (Å²) in [6, 6.07) is 2.75. The van der Waals surface area contributed by atoms with E-state index < -0.39 is 0 Å². The molecule has 0 aliphatic heterocycles. The predicted octanol–water partition coefficient (Wildman–Crippen LogP) is -0.886. The number of pyridine rings is 1. The fraction of sp³-hybridized carbons (Fsp3) is 0.400. The molecule has 0 saturated carbocycles. The van der Waals surface area contributed by atoms with Gasteiger partial charge >= 0.3 is 0 Å². The fourth-order valence-corrected chi connectivity index (χ4v) is 1.09. The number of nitrogens with one attached hydrogen (secondary N) is 2. The normalized spacial score (nSPS) is 10.1. The lowest BCUT2D eigenvalue weighted by Gasteiger charge is -2.05. The van der Waals surface area contributed by atoms with Crippen LogP contribution in [-0.2, 0) is 4.74 Å². The van der Waals surface area contributed by atoms with Crippen LogP contribution in [0.25, 0.3) is 0 Å². The maximum atomic E-state index is 11.5. The lowest BCUT2D eigenvalue weighted by molar-refractivity contribution is 0.0838. The summed E-state index contributed by atoms with van der Waals surface area (Å²) in [7, 11) is 0. The molecule has 0 saturated heterocycles. The van der Waals surface area contributed by atoms with E-state index in [-0.39, 0.29) is 24.7 Å². The van der Waals surface area contributed by atoms with Crippen LogP contribution in [0.1, 0.15) is 10.4 Å². The summed E-state index contributed by atoms with van der Waals surface area (Å²) in [4.78, 5) is 24.8. The van der Waals surface area contributed by atoms with E-state index in [2.05, 4.69) is 10.3 Å². The van der Waals surface area contributed by atoms with Crippen molar-refractivity contribution in [2.45, 2.75) is 0 Å². The molecule has 0 spiro atoms. The smallest absolute Gasteiger partial charge is 0.251 e. The summed E-state index contributed by atoms with van der Waals surface area (Å²) >= 11 is 0. The number of carbonyl (C=O) groups excluding carboxylic acids is 1. The molecule has 0 aromatic carbocycles. The van der Waals surface area contributed by atoms with Crippen LogP contribution >= 0.6 is 0 Å². The first-order valence-electron chi connectivity index (χ1n) is 4.89. The highest BCUT2D eigenvalue weighted by molar-refractivity contribution is 5.93. The van der Waals surface area contributed by atoms with Crippen molar-refractivity contribution >= 4 is 5.91 Å². The molecule has 3 N–H and O–H groups in total. The molecule has 0 atom stereocenters. The van der Waals surface area contributed by atoms with Crippen molar-refractivity contribution < 1.29 is 14.6 Å². The summed E-state index contributed by atoms with van der Waals surface area (Å²) in [6.07, 6.45) is 1.42. The Morgan fingerprint density at radius 1 is 1.50 bits per heavy atom. The highest BCUT2D eigenvalue weighted by Gasteiger charge is 2.04. The molecule has 1 rings (SSSR count). The number of carbonyl (C=O) groups is 1. The number of aliphatic hydroxyl groups excluding tert-OH is 1. The molecule has 0 fully saturated rings.